The van der Waals surface area contributed by atoms with Crippen molar-refractivity contribution in [3.8, 4) is 5.75 Å². The summed E-state index contributed by atoms with van der Waals surface area (Å²) in [6.45, 7) is 8.89. The van der Waals surface area contributed by atoms with E-state index in [1.165, 1.54) is 11.1 Å². The molecule has 3 nitrogen and oxygen atoms in total. The lowest BCUT2D eigenvalue weighted by Gasteiger charge is -2.15. The average molecular weight is 290 g/mol. The van der Waals surface area contributed by atoms with Crippen molar-refractivity contribution in [1.82, 2.24) is 10.3 Å². The minimum Gasteiger partial charge on any atom is -0.487 e. The summed E-state index contributed by atoms with van der Waals surface area (Å²) in [4.78, 5) is 4.25. The molecule has 0 aliphatic carbocycles. The zero-order valence-electron chi connectivity index (χ0n) is 12.3. The van der Waals surface area contributed by atoms with Crippen molar-refractivity contribution >= 4 is 11.3 Å². The number of benzene rings is 1. The Labute approximate surface area is 125 Å². The van der Waals surface area contributed by atoms with Gasteiger partial charge in [0.05, 0.1) is 11.2 Å². The molecule has 0 saturated heterocycles. The van der Waals surface area contributed by atoms with E-state index >= 15 is 0 Å². The van der Waals surface area contributed by atoms with E-state index in [9.17, 15) is 0 Å². The van der Waals surface area contributed by atoms with Crippen molar-refractivity contribution in [1.29, 1.82) is 0 Å². The Hall–Kier alpha value is -1.39. The summed E-state index contributed by atoms with van der Waals surface area (Å²) in [6.07, 6.45) is 0. The van der Waals surface area contributed by atoms with Gasteiger partial charge in [0.1, 0.15) is 12.4 Å². The Morgan fingerprint density at radius 3 is 2.90 bits per heavy atom. The molecule has 0 spiro atoms. The first kappa shape index (κ1) is 15.0. The number of para-hydroxylation sites is 1. The number of aryl methyl sites for hydroxylation is 1. The molecule has 20 heavy (non-hydrogen) atoms. The van der Waals surface area contributed by atoms with Crippen LogP contribution < -0.4 is 10.1 Å². The smallest absolute Gasteiger partial charge is 0.131 e. The summed E-state index contributed by atoms with van der Waals surface area (Å²) in [6, 6.07) is 6.29. The highest BCUT2D eigenvalue weighted by Gasteiger charge is 2.08. The summed E-state index contributed by atoms with van der Waals surface area (Å²) >= 11 is 1.60. The molecule has 0 fully saturated rings. The third-order valence-corrected chi connectivity index (χ3v) is 3.64. The highest BCUT2D eigenvalue weighted by Crippen LogP contribution is 2.24. The highest BCUT2D eigenvalue weighted by atomic mass is 32.1. The molecule has 0 atom stereocenters. The van der Waals surface area contributed by atoms with Gasteiger partial charge in [0.25, 0.3) is 0 Å². The second-order valence-electron chi connectivity index (χ2n) is 5.36. The number of hydrogen-bond acceptors (Lipinski definition) is 4. The number of thiazole rings is 1. The van der Waals surface area contributed by atoms with Gasteiger partial charge in [0.15, 0.2) is 0 Å². The maximum atomic E-state index is 5.97. The van der Waals surface area contributed by atoms with Crippen LogP contribution in [0.3, 0.4) is 0 Å². The van der Waals surface area contributed by atoms with E-state index in [0.717, 1.165) is 24.5 Å². The van der Waals surface area contributed by atoms with Crippen molar-refractivity contribution in [3.05, 3.63) is 45.9 Å². The van der Waals surface area contributed by atoms with Crippen LogP contribution in [-0.2, 0) is 13.2 Å². The topological polar surface area (TPSA) is 34.1 Å². The standard InChI is InChI=1S/C16H22N2OS/c1-12(2)7-17-8-14-6-4-5-13(3)16(14)19-9-15-10-20-11-18-15/h4-6,10-12,17H,7-9H2,1-3H3. The largest absolute Gasteiger partial charge is 0.487 e. The Balaban J connectivity index is 2.01. The lowest BCUT2D eigenvalue weighted by molar-refractivity contribution is 0.296. The number of nitrogens with zero attached hydrogens (tertiary/aromatic N) is 1. The van der Waals surface area contributed by atoms with Crippen LogP contribution in [0.25, 0.3) is 0 Å². The van der Waals surface area contributed by atoms with Gasteiger partial charge in [0, 0.05) is 17.5 Å². The van der Waals surface area contributed by atoms with Gasteiger partial charge in [-0.15, -0.1) is 11.3 Å². The molecule has 0 aliphatic heterocycles. The van der Waals surface area contributed by atoms with E-state index in [4.69, 9.17) is 4.74 Å². The third-order valence-electron chi connectivity index (χ3n) is 3.01. The zero-order valence-corrected chi connectivity index (χ0v) is 13.2. The molecule has 1 aromatic heterocycles. The molecular weight excluding hydrogens is 268 g/mol. The normalized spacial score (nSPS) is 11.0. The summed E-state index contributed by atoms with van der Waals surface area (Å²) in [7, 11) is 0. The monoisotopic (exact) mass is 290 g/mol. The summed E-state index contributed by atoms with van der Waals surface area (Å²) in [5, 5.41) is 5.49. The molecule has 2 aromatic rings. The van der Waals surface area contributed by atoms with E-state index in [2.05, 4.69) is 49.3 Å². The van der Waals surface area contributed by atoms with Crippen LogP contribution >= 0.6 is 11.3 Å². The molecule has 0 aliphatic rings. The van der Waals surface area contributed by atoms with Crippen LogP contribution in [0.15, 0.2) is 29.1 Å². The second-order valence-corrected chi connectivity index (χ2v) is 6.08. The van der Waals surface area contributed by atoms with Gasteiger partial charge in [-0.25, -0.2) is 4.98 Å². The van der Waals surface area contributed by atoms with Gasteiger partial charge in [-0.05, 0) is 24.9 Å². The molecule has 0 saturated carbocycles. The summed E-state index contributed by atoms with van der Waals surface area (Å²) in [5.74, 6) is 1.64. The Kier molecular flexibility index (Phi) is 5.56. The van der Waals surface area contributed by atoms with Gasteiger partial charge >= 0.3 is 0 Å². The molecule has 0 bridgehead atoms. The molecule has 0 unspecified atom stereocenters. The highest BCUT2D eigenvalue weighted by molar-refractivity contribution is 7.07. The van der Waals surface area contributed by atoms with Gasteiger partial charge < -0.3 is 10.1 Å². The van der Waals surface area contributed by atoms with Gasteiger partial charge in [-0.3, -0.25) is 0 Å². The van der Waals surface area contributed by atoms with Gasteiger partial charge in [-0.2, -0.15) is 0 Å². The van der Waals surface area contributed by atoms with E-state index in [1.54, 1.807) is 11.3 Å². The Bertz CT molecular complexity index is 523. The van der Waals surface area contributed by atoms with Crippen molar-refractivity contribution in [2.24, 2.45) is 5.92 Å². The molecule has 0 radical (unpaired) electrons. The molecule has 2 rings (SSSR count). The van der Waals surface area contributed by atoms with Gasteiger partial charge in [-0.1, -0.05) is 32.0 Å². The van der Waals surface area contributed by atoms with Crippen LogP contribution in [0.5, 0.6) is 5.75 Å². The number of ether oxygens (including phenoxy) is 1. The predicted octanol–water partition coefficient (Wildman–Crippen LogP) is 3.78. The van der Waals surface area contributed by atoms with Crippen LogP contribution in [-0.4, -0.2) is 11.5 Å². The van der Waals surface area contributed by atoms with Crippen LogP contribution in [0, 0.1) is 12.8 Å². The third kappa shape index (κ3) is 4.32. The number of aromatic nitrogens is 1. The zero-order chi connectivity index (χ0) is 14.4. The first-order chi connectivity index (χ1) is 9.66. The van der Waals surface area contributed by atoms with Crippen LogP contribution in [0.2, 0.25) is 0 Å². The van der Waals surface area contributed by atoms with Crippen molar-refractivity contribution < 1.29 is 4.74 Å². The molecule has 1 heterocycles. The van der Waals surface area contributed by atoms with Crippen molar-refractivity contribution in [2.45, 2.75) is 33.9 Å². The average Bonchev–Trinajstić information content (AvgIpc) is 2.90. The van der Waals surface area contributed by atoms with E-state index in [0.29, 0.717) is 12.5 Å². The van der Waals surface area contributed by atoms with Gasteiger partial charge in [0.2, 0.25) is 0 Å². The molecule has 1 aromatic carbocycles. The predicted molar refractivity (Wildman–Crippen MR) is 84.2 cm³/mol. The molecule has 108 valence electrons. The lowest BCUT2D eigenvalue weighted by atomic mass is 10.1. The number of rotatable bonds is 7. The SMILES string of the molecule is Cc1cccc(CNCC(C)C)c1OCc1cscn1. The van der Waals surface area contributed by atoms with E-state index in [1.807, 2.05) is 10.9 Å². The second kappa shape index (κ2) is 7.41. The fourth-order valence-corrected chi connectivity index (χ4v) is 2.55. The molecule has 1 N–H and O–H groups in total. The first-order valence-electron chi connectivity index (χ1n) is 6.96. The van der Waals surface area contributed by atoms with E-state index in [-0.39, 0.29) is 0 Å². The maximum absolute atomic E-state index is 5.97. The number of hydrogen-bond donors (Lipinski definition) is 1. The fourth-order valence-electron chi connectivity index (χ4n) is 2.01. The minimum atomic E-state index is 0.533. The minimum absolute atomic E-state index is 0.533. The maximum Gasteiger partial charge on any atom is 0.131 e. The lowest BCUT2D eigenvalue weighted by Crippen LogP contribution is -2.19. The first-order valence-corrected chi connectivity index (χ1v) is 7.90. The van der Waals surface area contributed by atoms with Crippen molar-refractivity contribution in [2.75, 3.05) is 6.54 Å². The molecule has 0 amide bonds. The molecular formula is C16H22N2OS. The van der Waals surface area contributed by atoms with Crippen molar-refractivity contribution in [3.63, 3.8) is 0 Å². The van der Waals surface area contributed by atoms with Crippen LogP contribution in [0.1, 0.15) is 30.7 Å². The number of nitrogens with one attached hydrogen (secondary N) is 1. The van der Waals surface area contributed by atoms with Crippen LogP contribution in [0.4, 0.5) is 0 Å². The summed E-state index contributed by atoms with van der Waals surface area (Å²) < 4.78 is 5.97. The fraction of sp³-hybridized carbons (Fsp3) is 0.438. The Morgan fingerprint density at radius 1 is 1.35 bits per heavy atom. The molecule has 4 heteroatoms. The van der Waals surface area contributed by atoms with E-state index < -0.39 is 0 Å². The summed E-state index contributed by atoms with van der Waals surface area (Å²) in [5.41, 5.74) is 5.20. The Morgan fingerprint density at radius 2 is 2.20 bits per heavy atom. The quantitative estimate of drug-likeness (QED) is 0.842.